The van der Waals surface area contributed by atoms with E-state index in [0.717, 1.165) is 30.2 Å². The molecule has 3 aromatic rings. The fourth-order valence-electron chi connectivity index (χ4n) is 5.24. The first-order chi connectivity index (χ1) is 14.1. The van der Waals surface area contributed by atoms with E-state index in [2.05, 4.69) is 79.1 Å². The molecule has 2 aliphatic rings. The summed E-state index contributed by atoms with van der Waals surface area (Å²) in [5.41, 5.74) is 6.07. The lowest BCUT2D eigenvalue weighted by Gasteiger charge is -2.49. The molecule has 0 fully saturated rings. The molecule has 4 nitrogen and oxygen atoms in total. The van der Waals surface area contributed by atoms with Gasteiger partial charge in [0.1, 0.15) is 6.17 Å². The van der Waals surface area contributed by atoms with E-state index in [4.69, 9.17) is 16.5 Å². The van der Waals surface area contributed by atoms with Crippen LogP contribution in [0.3, 0.4) is 0 Å². The van der Waals surface area contributed by atoms with E-state index in [-0.39, 0.29) is 11.6 Å². The van der Waals surface area contributed by atoms with Gasteiger partial charge >= 0.3 is 0 Å². The van der Waals surface area contributed by atoms with Gasteiger partial charge in [-0.1, -0.05) is 56.8 Å². The van der Waals surface area contributed by atoms with Crippen molar-refractivity contribution in [2.45, 2.75) is 45.2 Å². The van der Waals surface area contributed by atoms with Gasteiger partial charge in [0.15, 0.2) is 11.6 Å². The Morgan fingerprint density at radius 3 is 2.03 bits per heavy atom. The largest absolute Gasteiger partial charge is 0.298 e. The molecule has 0 saturated carbocycles. The monoisotopic (exact) mass is 382 g/mol. The second-order valence-electron chi connectivity index (χ2n) is 7.94. The van der Waals surface area contributed by atoms with E-state index in [0.29, 0.717) is 0 Å². The second-order valence-corrected chi connectivity index (χ2v) is 7.94. The van der Waals surface area contributed by atoms with Gasteiger partial charge in [0.05, 0.1) is 0 Å². The molecule has 0 aliphatic carbocycles. The predicted molar refractivity (Wildman–Crippen MR) is 119 cm³/mol. The van der Waals surface area contributed by atoms with E-state index >= 15 is 0 Å². The van der Waals surface area contributed by atoms with Crippen LogP contribution in [0.1, 0.15) is 37.8 Å². The molecule has 2 aliphatic heterocycles. The van der Waals surface area contributed by atoms with Crippen LogP contribution in [0.5, 0.6) is 0 Å². The molecule has 0 amide bonds. The first kappa shape index (κ1) is 17.9. The van der Waals surface area contributed by atoms with Gasteiger partial charge in [-0.25, -0.2) is 9.97 Å². The quantitative estimate of drug-likeness (QED) is 0.518. The van der Waals surface area contributed by atoms with Gasteiger partial charge in [-0.3, -0.25) is 9.80 Å². The Kier molecular flexibility index (Phi) is 3.98. The van der Waals surface area contributed by atoms with Crippen LogP contribution in [0.25, 0.3) is 0 Å². The van der Waals surface area contributed by atoms with Crippen molar-refractivity contribution in [3.8, 4) is 0 Å². The number of hydrogen-bond donors (Lipinski definition) is 0. The Morgan fingerprint density at radius 2 is 1.41 bits per heavy atom. The highest BCUT2D eigenvalue weighted by atomic mass is 15.5. The summed E-state index contributed by atoms with van der Waals surface area (Å²) in [4.78, 5) is 14.2. The number of hydrogen-bond acceptors (Lipinski definition) is 4. The Balaban J connectivity index is 1.83. The third-order valence-electron chi connectivity index (χ3n) is 6.79. The highest BCUT2D eigenvalue weighted by Crippen LogP contribution is 2.57. The van der Waals surface area contributed by atoms with Gasteiger partial charge in [0, 0.05) is 29.2 Å². The average molecular weight is 383 g/mol. The number of nitrogens with zero attached hydrogens (tertiary/aromatic N) is 4. The minimum absolute atomic E-state index is 0.0386. The maximum Gasteiger partial charge on any atom is 0.178 e. The van der Waals surface area contributed by atoms with Crippen LogP contribution in [-0.4, -0.2) is 16.1 Å². The molecule has 1 atom stereocenters. The molecule has 0 saturated heterocycles. The third kappa shape index (κ3) is 2.26. The zero-order valence-corrected chi connectivity index (χ0v) is 17.3. The highest BCUT2D eigenvalue weighted by molar-refractivity contribution is 5.89. The molecule has 3 heterocycles. The van der Waals surface area contributed by atoms with E-state index < -0.39 is 0 Å². The van der Waals surface area contributed by atoms with Gasteiger partial charge in [-0.2, -0.15) is 0 Å². The molecule has 0 N–H and O–H groups in total. The van der Waals surface area contributed by atoms with Crippen molar-refractivity contribution in [1.82, 2.24) is 9.97 Å². The lowest BCUT2D eigenvalue weighted by atomic mass is 9.66. The first-order valence-electron chi connectivity index (χ1n) is 10.4. The molecular formula is C25H26N4. The van der Waals surface area contributed by atoms with Crippen LogP contribution in [0.15, 0.2) is 73.1 Å². The smallest absolute Gasteiger partial charge is 0.178 e. The molecule has 4 heteroatoms. The number of aryl methyl sites for hydroxylation is 1. The van der Waals surface area contributed by atoms with Crippen molar-refractivity contribution in [2.75, 3.05) is 9.80 Å². The Hall–Kier alpha value is -3.14. The van der Waals surface area contributed by atoms with Crippen molar-refractivity contribution in [3.05, 3.63) is 84.2 Å². The summed E-state index contributed by atoms with van der Waals surface area (Å²) in [6.45, 7) is 11.4. The molecule has 1 aromatic heterocycles. The van der Waals surface area contributed by atoms with E-state index in [1.807, 2.05) is 0 Å². The van der Waals surface area contributed by atoms with Crippen LogP contribution >= 0.6 is 0 Å². The summed E-state index contributed by atoms with van der Waals surface area (Å²) >= 11 is 0. The summed E-state index contributed by atoms with van der Waals surface area (Å²) in [5, 5.41) is 0. The molecule has 29 heavy (non-hydrogen) atoms. The lowest BCUT2D eigenvalue weighted by Crippen LogP contribution is -2.50. The Morgan fingerprint density at radius 1 is 0.862 bits per heavy atom. The van der Waals surface area contributed by atoms with E-state index in [1.165, 1.54) is 22.4 Å². The van der Waals surface area contributed by atoms with E-state index in [9.17, 15) is 0 Å². The normalized spacial score (nSPS) is 19.0. The molecule has 146 valence electrons. The molecule has 1 unspecified atom stereocenters. The molecule has 2 aromatic carbocycles. The number of rotatable bonds is 3. The summed E-state index contributed by atoms with van der Waals surface area (Å²) in [6.07, 6.45) is 5.56. The van der Waals surface area contributed by atoms with Gasteiger partial charge in [-0.15, -0.1) is 0 Å². The molecule has 5 rings (SSSR count). The van der Waals surface area contributed by atoms with Crippen LogP contribution in [0.2, 0.25) is 0 Å². The van der Waals surface area contributed by atoms with Crippen molar-refractivity contribution in [2.24, 2.45) is 0 Å². The van der Waals surface area contributed by atoms with Gasteiger partial charge in [-0.05, 0) is 48.6 Å². The van der Waals surface area contributed by atoms with Gasteiger partial charge in [0.2, 0.25) is 0 Å². The van der Waals surface area contributed by atoms with Crippen molar-refractivity contribution >= 4 is 23.0 Å². The summed E-state index contributed by atoms with van der Waals surface area (Å²) in [5.74, 6) is 1.79. The topological polar surface area (TPSA) is 32.3 Å². The second kappa shape index (κ2) is 6.45. The predicted octanol–water partition coefficient (Wildman–Crippen LogP) is 6.03. The van der Waals surface area contributed by atoms with Gasteiger partial charge < -0.3 is 0 Å². The third-order valence-corrected chi connectivity index (χ3v) is 6.79. The Bertz CT molecular complexity index is 1100. The summed E-state index contributed by atoms with van der Waals surface area (Å²) in [6, 6.07) is 17.2. The number of fused-ring (bicyclic) bond motifs is 5. The van der Waals surface area contributed by atoms with Crippen LogP contribution in [0.4, 0.5) is 23.0 Å². The van der Waals surface area contributed by atoms with E-state index in [1.54, 1.807) is 12.4 Å². The average Bonchev–Trinajstić information content (AvgIpc) is 3.11. The zero-order chi connectivity index (χ0) is 20.2. The van der Waals surface area contributed by atoms with Crippen molar-refractivity contribution in [3.63, 3.8) is 0 Å². The first-order valence-corrected chi connectivity index (χ1v) is 10.4. The summed E-state index contributed by atoms with van der Waals surface area (Å²) < 4.78 is 0. The number of aromatic nitrogens is 2. The van der Waals surface area contributed by atoms with Crippen molar-refractivity contribution < 1.29 is 0 Å². The van der Waals surface area contributed by atoms with Crippen LogP contribution in [-0.2, 0) is 5.41 Å². The van der Waals surface area contributed by atoms with Crippen LogP contribution in [0, 0.1) is 6.92 Å². The van der Waals surface area contributed by atoms with Gasteiger partial charge in [0.25, 0.3) is 0 Å². The maximum atomic E-state index is 4.77. The number of benzene rings is 2. The lowest BCUT2D eigenvalue weighted by molar-refractivity contribution is 0.425. The Labute approximate surface area is 172 Å². The standard InChI is InChI=1S/C25H26N4/c1-5-25(6-2)18(4)24-28(20-13-9-7-11-17(20)3)22-23(27-16-15-26-22)29(24)21-14-10-8-12-19(21)25/h7-16,24H,4-6H2,1-3H3. The number of anilines is 4. The molecule has 0 bridgehead atoms. The molecule has 0 radical (unpaired) electrons. The van der Waals surface area contributed by atoms with Crippen LogP contribution < -0.4 is 9.80 Å². The highest BCUT2D eigenvalue weighted by Gasteiger charge is 2.52. The number of para-hydroxylation sites is 2. The molecular weight excluding hydrogens is 356 g/mol. The fraction of sp³-hybridized carbons (Fsp3) is 0.280. The minimum Gasteiger partial charge on any atom is -0.298 e. The van der Waals surface area contributed by atoms with Crippen molar-refractivity contribution in [1.29, 1.82) is 0 Å². The zero-order valence-electron chi connectivity index (χ0n) is 17.3. The fourth-order valence-corrected chi connectivity index (χ4v) is 5.24. The maximum absolute atomic E-state index is 4.77. The SMILES string of the molecule is C=C1C2N(c3ccccc3C)c3nccnc3N2c2ccccc2C1(CC)CC. The minimum atomic E-state index is -0.0687. The molecule has 0 spiro atoms. The summed E-state index contributed by atoms with van der Waals surface area (Å²) in [7, 11) is 0.